The number of hydrogen-bond acceptors (Lipinski definition) is 3. The van der Waals surface area contributed by atoms with Crippen LogP contribution in [-0.4, -0.2) is 15.6 Å². The third-order valence-corrected chi connectivity index (χ3v) is 6.73. The first-order chi connectivity index (χ1) is 13.9. The normalized spacial score (nSPS) is 22.1. The van der Waals surface area contributed by atoms with E-state index in [-0.39, 0.29) is 10.9 Å². The van der Waals surface area contributed by atoms with E-state index in [9.17, 15) is 9.59 Å². The van der Waals surface area contributed by atoms with Crippen molar-refractivity contribution >= 4 is 22.7 Å². The maximum absolute atomic E-state index is 12.8. The van der Waals surface area contributed by atoms with Crippen LogP contribution in [0.25, 0.3) is 11.1 Å². The zero-order valence-electron chi connectivity index (χ0n) is 17.2. The van der Waals surface area contributed by atoms with Gasteiger partial charge in [0.25, 0.3) is 0 Å². The molecule has 2 atom stereocenters. The van der Waals surface area contributed by atoms with Crippen molar-refractivity contribution in [2.24, 2.45) is 5.92 Å². The predicted octanol–water partition coefficient (Wildman–Crippen LogP) is 6.42. The maximum Gasteiger partial charge on any atom is 0.200 e. The van der Waals surface area contributed by atoms with Crippen molar-refractivity contribution in [1.82, 2.24) is 0 Å². The summed E-state index contributed by atoms with van der Waals surface area (Å²) in [6.07, 6.45) is 7.06. The highest BCUT2D eigenvalue weighted by Gasteiger charge is 2.48. The lowest BCUT2D eigenvalue weighted by atomic mass is 9.89. The topological polar surface area (TPSA) is 34.1 Å². The molecule has 0 spiro atoms. The van der Waals surface area contributed by atoms with Crippen LogP contribution in [0.4, 0.5) is 0 Å². The molecule has 1 aliphatic rings. The molecule has 0 saturated carbocycles. The Bertz CT molecular complexity index is 911. The number of allylic oxidation sites excluding steroid dienone is 2. The summed E-state index contributed by atoms with van der Waals surface area (Å²) >= 11 is 1.17. The monoisotopic (exact) mass is 404 g/mol. The molecule has 2 unspecified atom stereocenters. The number of rotatable bonds is 8. The van der Waals surface area contributed by atoms with Gasteiger partial charge in [0.05, 0.1) is 10.7 Å². The average Bonchev–Trinajstić information content (AvgIpc) is 2.94. The SMILES string of the molecule is C=CC(C)=CC1(C)SC(=O)C(CCCCc2ccc(-c3ccccc3)cc2)C1=O. The van der Waals surface area contributed by atoms with Crippen molar-refractivity contribution in [2.45, 2.75) is 44.3 Å². The minimum Gasteiger partial charge on any atom is -0.297 e. The van der Waals surface area contributed by atoms with Crippen LogP contribution in [0.3, 0.4) is 0 Å². The van der Waals surface area contributed by atoms with Gasteiger partial charge in [-0.2, -0.15) is 0 Å². The zero-order valence-corrected chi connectivity index (χ0v) is 18.0. The van der Waals surface area contributed by atoms with Gasteiger partial charge in [0.1, 0.15) is 0 Å². The molecule has 0 bridgehead atoms. The molecular formula is C26H28O2S. The van der Waals surface area contributed by atoms with E-state index in [1.807, 2.05) is 38.1 Å². The van der Waals surface area contributed by atoms with Crippen LogP contribution in [-0.2, 0) is 16.0 Å². The van der Waals surface area contributed by atoms with Gasteiger partial charge in [0.15, 0.2) is 5.78 Å². The first kappa shape index (κ1) is 21.3. The summed E-state index contributed by atoms with van der Waals surface area (Å²) in [4.78, 5) is 25.2. The minimum absolute atomic E-state index is 0.0119. The standard InChI is InChI=1S/C26H28O2S/c1-4-19(2)18-26(3)24(27)23(25(28)29-26)13-9-8-10-20-14-16-22(17-15-20)21-11-6-5-7-12-21/h4-7,11-12,14-18,23H,1,8-10,13H2,2-3H3. The van der Waals surface area contributed by atoms with Crippen molar-refractivity contribution in [2.75, 3.05) is 0 Å². The van der Waals surface area contributed by atoms with Gasteiger partial charge >= 0.3 is 0 Å². The second-order valence-corrected chi connectivity index (χ2v) is 9.30. The Labute approximate surface area is 178 Å². The van der Waals surface area contributed by atoms with Crippen LogP contribution in [0.2, 0.25) is 0 Å². The first-order valence-electron chi connectivity index (χ1n) is 10.2. The fourth-order valence-electron chi connectivity index (χ4n) is 3.80. The van der Waals surface area contributed by atoms with E-state index >= 15 is 0 Å². The van der Waals surface area contributed by atoms with Gasteiger partial charge in [-0.3, -0.25) is 9.59 Å². The highest BCUT2D eigenvalue weighted by Crippen LogP contribution is 2.43. The zero-order chi connectivity index (χ0) is 20.9. The fraction of sp³-hybridized carbons (Fsp3) is 0.308. The summed E-state index contributed by atoms with van der Waals surface area (Å²) < 4.78 is -0.743. The summed E-state index contributed by atoms with van der Waals surface area (Å²) in [5.74, 6) is -0.430. The van der Waals surface area contributed by atoms with Gasteiger partial charge in [-0.25, -0.2) is 0 Å². The Hall–Kier alpha value is -2.39. The van der Waals surface area contributed by atoms with Crippen molar-refractivity contribution in [3.63, 3.8) is 0 Å². The lowest BCUT2D eigenvalue weighted by molar-refractivity contribution is -0.127. The number of aryl methyl sites for hydroxylation is 1. The lowest BCUT2D eigenvalue weighted by Crippen LogP contribution is -2.28. The number of ketones is 1. The van der Waals surface area contributed by atoms with Gasteiger partial charge in [0.2, 0.25) is 5.12 Å². The van der Waals surface area contributed by atoms with Crippen LogP contribution in [0.5, 0.6) is 0 Å². The largest absolute Gasteiger partial charge is 0.297 e. The molecule has 0 aliphatic carbocycles. The number of unbranched alkanes of at least 4 members (excludes halogenated alkanes) is 1. The van der Waals surface area contributed by atoms with Crippen LogP contribution < -0.4 is 0 Å². The number of Topliss-reactive ketones (excluding diaryl/α,β-unsaturated/α-hetero) is 1. The van der Waals surface area contributed by atoms with Crippen molar-refractivity contribution < 1.29 is 9.59 Å². The number of benzene rings is 2. The molecule has 0 N–H and O–H groups in total. The molecule has 29 heavy (non-hydrogen) atoms. The van der Waals surface area contributed by atoms with E-state index in [1.165, 1.54) is 28.5 Å². The predicted molar refractivity (Wildman–Crippen MR) is 123 cm³/mol. The maximum atomic E-state index is 12.8. The van der Waals surface area contributed by atoms with E-state index in [4.69, 9.17) is 0 Å². The third kappa shape index (κ3) is 5.16. The third-order valence-electron chi connectivity index (χ3n) is 5.50. The molecule has 1 aliphatic heterocycles. The Kier molecular flexibility index (Phi) is 6.92. The molecule has 0 radical (unpaired) electrons. The van der Waals surface area contributed by atoms with E-state index in [0.717, 1.165) is 24.8 Å². The van der Waals surface area contributed by atoms with E-state index in [1.54, 1.807) is 6.08 Å². The molecular weight excluding hydrogens is 376 g/mol. The summed E-state index contributed by atoms with van der Waals surface area (Å²) in [5.41, 5.74) is 4.66. The molecule has 0 amide bonds. The molecule has 2 nitrogen and oxygen atoms in total. The summed E-state index contributed by atoms with van der Waals surface area (Å²) in [5, 5.41) is 0.0119. The van der Waals surface area contributed by atoms with Gasteiger partial charge in [-0.15, -0.1) is 0 Å². The van der Waals surface area contributed by atoms with Crippen molar-refractivity contribution in [3.05, 3.63) is 84.5 Å². The second kappa shape index (κ2) is 9.41. The molecule has 3 rings (SSSR count). The highest BCUT2D eigenvalue weighted by atomic mass is 32.2. The Balaban J connectivity index is 1.51. The number of carbonyl (C=O) groups is 2. The van der Waals surface area contributed by atoms with E-state index in [0.29, 0.717) is 6.42 Å². The summed E-state index contributed by atoms with van der Waals surface area (Å²) in [7, 11) is 0. The lowest BCUT2D eigenvalue weighted by Gasteiger charge is -2.16. The minimum atomic E-state index is -0.743. The second-order valence-electron chi connectivity index (χ2n) is 7.85. The van der Waals surface area contributed by atoms with Gasteiger partial charge in [-0.05, 0) is 49.8 Å². The highest BCUT2D eigenvalue weighted by molar-refractivity contribution is 8.16. The number of hydrogen-bond donors (Lipinski definition) is 0. The Morgan fingerprint density at radius 1 is 1.03 bits per heavy atom. The molecule has 1 fully saturated rings. The van der Waals surface area contributed by atoms with Gasteiger partial charge < -0.3 is 0 Å². The van der Waals surface area contributed by atoms with Crippen LogP contribution in [0.1, 0.15) is 38.7 Å². The Morgan fingerprint density at radius 3 is 2.34 bits per heavy atom. The molecule has 1 heterocycles. The quantitative estimate of drug-likeness (QED) is 0.289. The van der Waals surface area contributed by atoms with Gasteiger partial charge in [0, 0.05) is 0 Å². The first-order valence-corrected chi connectivity index (χ1v) is 11.0. The molecule has 2 aromatic rings. The van der Waals surface area contributed by atoms with E-state index < -0.39 is 10.7 Å². The van der Waals surface area contributed by atoms with Crippen molar-refractivity contribution in [1.29, 1.82) is 0 Å². The average molecular weight is 405 g/mol. The van der Waals surface area contributed by atoms with Gasteiger partial charge in [-0.1, -0.05) is 97.1 Å². The Morgan fingerprint density at radius 2 is 1.69 bits per heavy atom. The van der Waals surface area contributed by atoms with E-state index in [2.05, 4.69) is 43.0 Å². The smallest absolute Gasteiger partial charge is 0.200 e. The molecule has 2 aromatic carbocycles. The molecule has 150 valence electrons. The van der Waals surface area contributed by atoms with Crippen LogP contribution in [0, 0.1) is 5.92 Å². The van der Waals surface area contributed by atoms with Crippen LogP contribution >= 0.6 is 11.8 Å². The number of thioether (sulfide) groups is 1. The van der Waals surface area contributed by atoms with Crippen molar-refractivity contribution in [3.8, 4) is 11.1 Å². The summed E-state index contributed by atoms with van der Waals surface area (Å²) in [6, 6.07) is 19.0. The molecule has 1 saturated heterocycles. The summed E-state index contributed by atoms with van der Waals surface area (Å²) in [6.45, 7) is 7.49. The molecule has 0 aromatic heterocycles. The molecule has 3 heteroatoms. The number of carbonyl (C=O) groups excluding carboxylic acids is 2. The fourth-order valence-corrected chi connectivity index (χ4v) is 5.07. The van der Waals surface area contributed by atoms with Crippen LogP contribution in [0.15, 0.2) is 78.9 Å².